The minimum Gasteiger partial charge on any atom is -0.350 e. The zero-order chi connectivity index (χ0) is 16.9. The number of hydrogen-bond acceptors (Lipinski definition) is 4. The number of carbonyl (C=O) groups excluding carboxylic acids is 1. The first-order valence-corrected chi connectivity index (χ1v) is 7.93. The maximum Gasteiger partial charge on any atom is 0.227 e. The predicted octanol–water partition coefficient (Wildman–Crippen LogP) is 3.38. The van der Waals surface area contributed by atoms with Crippen molar-refractivity contribution in [3.8, 4) is 0 Å². The number of nitrogens with zero attached hydrogens (tertiary/aromatic N) is 2. The van der Waals surface area contributed by atoms with E-state index >= 15 is 0 Å². The van der Waals surface area contributed by atoms with E-state index in [1.807, 2.05) is 49.4 Å². The van der Waals surface area contributed by atoms with Crippen molar-refractivity contribution in [1.29, 1.82) is 0 Å². The Morgan fingerprint density at radius 1 is 1.29 bits per heavy atom. The smallest absolute Gasteiger partial charge is 0.227 e. The molecule has 3 rings (SSSR count). The Bertz CT molecular complexity index is 811. The lowest BCUT2D eigenvalue weighted by molar-refractivity contribution is -0.119. The Hall–Kier alpha value is -2.95. The van der Waals surface area contributed by atoms with Crippen LogP contribution in [0.5, 0.6) is 0 Å². The van der Waals surface area contributed by atoms with Gasteiger partial charge in [0.25, 0.3) is 0 Å². The summed E-state index contributed by atoms with van der Waals surface area (Å²) in [5.41, 5.74) is 4.04. The van der Waals surface area contributed by atoms with Crippen LogP contribution in [0.15, 0.2) is 54.8 Å². The van der Waals surface area contributed by atoms with E-state index in [1.165, 1.54) is 12.5 Å². The second-order valence-electron chi connectivity index (χ2n) is 5.82. The Labute approximate surface area is 141 Å². The number of amides is 1. The van der Waals surface area contributed by atoms with Crippen molar-refractivity contribution in [2.75, 3.05) is 5.32 Å². The van der Waals surface area contributed by atoms with Gasteiger partial charge in [-0.05, 0) is 42.7 Å². The first-order chi connectivity index (χ1) is 11.6. The molecule has 0 radical (unpaired) electrons. The van der Waals surface area contributed by atoms with E-state index in [0.717, 1.165) is 23.4 Å². The van der Waals surface area contributed by atoms with E-state index in [0.29, 0.717) is 5.95 Å². The van der Waals surface area contributed by atoms with Gasteiger partial charge in [-0.1, -0.05) is 30.4 Å². The highest BCUT2D eigenvalue weighted by Crippen LogP contribution is 2.21. The van der Waals surface area contributed by atoms with Crippen molar-refractivity contribution in [2.24, 2.45) is 0 Å². The van der Waals surface area contributed by atoms with Gasteiger partial charge < -0.3 is 10.6 Å². The molecule has 2 N–H and O–H groups in total. The SMILES string of the molecule is CC(=O)NC1C=CC(c2ccnc(Nc3cccc(C)c3)n2)=CC1. The third kappa shape index (κ3) is 4.07. The van der Waals surface area contributed by atoms with Crippen LogP contribution in [0.25, 0.3) is 5.57 Å². The fourth-order valence-electron chi connectivity index (χ4n) is 2.61. The molecule has 1 atom stereocenters. The van der Waals surface area contributed by atoms with Gasteiger partial charge in [0.1, 0.15) is 0 Å². The molecule has 0 fully saturated rings. The molecular formula is C19H20N4O. The molecule has 1 aromatic carbocycles. The maximum atomic E-state index is 11.1. The molecule has 5 nitrogen and oxygen atoms in total. The largest absolute Gasteiger partial charge is 0.350 e. The molecule has 0 saturated heterocycles. The molecule has 0 spiro atoms. The van der Waals surface area contributed by atoms with Crippen molar-refractivity contribution in [2.45, 2.75) is 26.3 Å². The van der Waals surface area contributed by atoms with Gasteiger partial charge in [-0.25, -0.2) is 9.97 Å². The standard InChI is InChI=1S/C19H20N4O/c1-13-4-3-5-17(12-13)22-19-20-11-10-18(23-19)15-6-8-16(9-7-15)21-14(2)24/h3-8,10-12,16H,9H2,1-2H3,(H,21,24)(H,20,22,23). The summed E-state index contributed by atoms with van der Waals surface area (Å²) in [5, 5.41) is 6.12. The number of allylic oxidation sites excluding steroid dienone is 2. The number of benzene rings is 1. The molecule has 1 heterocycles. The van der Waals surface area contributed by atoms with Crippen molar-refractivity contribution < 1.29 is 4.79 Å². The second-order valence-corrected chi connectivity index (χ2v) is 5.82. The lowest BCUT2D eigenvalue weighted by atomic mass is 10.0. The number of carbonyl (C=O) groups is 1. The molecule has 1 amide bonds. The van der Waals surface area contributed by atoms with Gasteiger partial charge in [-0.15, -0.1) is 0 Å². The summed E-state index contributed by atoms with van der Waals surface area (Å²) in [4.78, 5) is 20.0. The minimum atomic E-state index is -0.0202. The van der Waals surface area contributed by atoms with Gasteiger partial charge in [0, 0.05) is 18.8 Å². The van der Waals surface area contributed by atoms with E-state index in [4.69, 9.17) is 0 Å². The van der Waals surface area contributed by atoms with E-state index in [-0.39, 0.29) is 11.9 Å². The highest BCUT2D eigenvalue weighted by Gasteiger charge is 2.12. The summed E-state index contributed by atoms with van der Waals surface area (Å²) in [6.07, 6.45) is 8.57. The average molecular weight is 320 g/mol. The van der Waals surface area contributed by atoms with Gasteiger partial charge in [0.2, 0.25) is 11.9 Å². The molecule has 5 heteroatoms. The Morgan fingerprint density at radius 3 is 2.88 bits per heavy atom. The topological polar surface area (TPSA) is 66.9 Å². The molecule has 2 aromatic rings. The van der Waals surface area contributed by atoms with E-state index in [2.05, 4.69) is 26.7 Å². The summed E-state index contributed by atoms with van der Waals surface area (Å²) in [5.74, 6) is 0.546. The second kappa shape index (κ2) is 7.08. The molecule has 1 aromatic heterocycles. The van der Waals surface area contributed by atoms with Crippen molar-refractivity contribution in [3.63, 3.8) is 0 Å². The molecule has 1 aliphatic carbocycles. The van der Waals surface area contributed by atoms with Crippen LogP contribution in [-0.2, 0) is 4.79 Å². The Morgan fingerprint density at radius 2 is 2.17 bits per heavy atom. The van der Waals surface area contributed by atoms with Crippen LogP contribution in [0, 0.1) is 6.92 Å². The van der Waals surface area contributed by atoms with Gasteiger partial charge >= 0.3 is 0 Å². The summed E-state index contributed by atoms with van der Waals surface area (Å²) in [6.45, 7) is 3.58. The Kier molecular flexibility index (Phi) is 4.70. The predicted molar refractivity (Wildman–Crippen MR) is 95.8 cm³/mol. The van der Waals surface area contributed by atoms with Gasteiger partial charge in [-0.2, -0.15) is 0 Å². The number of anilines is 2. The van der Waals surface area contributed by atoms with Crippen LogP contribution < -0.4 is 10.6 Å². The van der Waals surface area contributed by atoms with Crippen LogP contribution in [0.1, 0.15) is 24.6 Å². The summed E-state index contributed by atoms with van der Waals surface area (Å²) in [7, 11) is 0. The third-order valence-corrected chi connectivity index (χ3v) is 3.71. The lowest BCUT2D eigenvalue weighted by Crippen LogP contribution is -2.31. The van der Waals surface area contributed by atoms with Gasteiger partial charge in [0.05, 0.1) is 11.7 Å². The van der Waals surface area contributed by atoms with Gasteiger partial charge in [0.15, 0.2) is 0 Å². The number of hydrogen-bond donors (Lipinski definition) is 2. The fraction of sp³-hybridized carbons (Fsp3) is 0.211. The normalized spacial score (nSPS) is 16.4. The van der Waals surface area contributed by atoms with Crippen molar-refractivity contribution in [3.05, 3.63) is 66.0 Å². The maximum absolute atomic E-state index is 11.1. The minimum absolute atomic E-state index is 0.0202. The molecular weight excluding hydrogens is 300 g/mol. The van der Waals surface area contributed by atoms with Crippen LogP contribution in [0.2, 0.25) is 0 Å². The first kappa shape index (κ1) is 15.9. The molecule has 0 saturated carbocycles. The quantitative estimate of drug-likeness (QED) is 0.906. The molecule has 24 heavy (non-hydrogen) atoms. The zero-order valence-electron chi connectivity index (χ0n) is 13.8. The first-order valence-electron chi connectivity index (χ1n) is 7.93. The van der Waals surface area contributed by atoms with E-state index in [1.54, 1.807) is 6.20 Å². The number of aromatic nitrogens is 2. The molecule has 1 unspecified atom stereocenters. The lowest BCUT2D eigenvalue weighted by Gasteiger charge is -2.16. The number of aryl methyl sites for hydroxylation is 1. The van der Waals surface area contributed by atoms with Crippen LogP contribution in [0.3, 0.4) is 0 Å². The van der Waals surface area contributed by atoms with E-state index < -0.39 is 0 Å². The summed E-state index contributed by atoms with van der Waals surface area (Å²) in [6, 6.07) is 10.0. The Balaban J connectivity index is 1.73. The van der Waals surface area contributed by atoms with E-state index in [9.17, 15) is 4.79 Å². The van der Waals surface area contributed by atoms with Gasteiger partial charge in [-0.3, -0.25) is 4.79 Å². The molecule has 1 aliphatic rings. The number of nitrogens with one attached hydrogen (secondary N) is 2. The average Bonchev–Trinajstić information content (AvgIpc) is 2.55. The highest BCUT2D eigenvalue weighted by molar-refractivity contribution is 5.76. The molecule has 122 valence electrons. The van der Waals surface area contributed by atoms with Crippen molar-refractivity contribution in [1.82, 2.24) is 15.3 Å². The highest BCUT2D eigenvalue weighted by atomic mass is 16.1. The molecule has 0 aliphatic heterocycles. The summed E-state index contributed by atoms with van der Waals surface area (Å²) >= 11 is 0. The third-order valence-electron chi connectivity index (χ3n) is 3.71. The van der Waals surface area contributed by atoms with Crippen LogP contribution in [0.4, 0.5) is 11.6 Å². The monoisotopic (exact) mass is 320 g/mol. The summed E-state index contributed by atoms with van der Waals surface area (Å²) < 4.78 is 0. The fourth-order valence-corrected chi connectivity index (χ4v) is 2.61. The zero-order valence-corrected chi connectivity index (χ0v) is 13.8. The van der Waals surface area contributed by atoms with Crippen LogP contribution in [-0.4, -0.2) is 21.9 Å². The van der Waals surface area contributed by atoms with Crippen LogP contribution >= 0.6 is 0 Å². The van der Waals surface area contributed by atoms with Crippen molar-refractivity contribution >= 4 is 23.1 Å². The molecule has 0 bridgehead atoms. The number of rotatable bonds is 4.